The van der Waals surface area contributed by atoms with Crippen molar-refractivity contribution in [2.45, 2.75) is 6.42 Å². The smallest absolute Gasteiger partial charge is 0.142 e. The molecule has 1 rings (SSSR count). The third-order valence-corrected chi connectivity index (χ3v) is 1.72. The second-order valence-electron chi connectivity index (χ2n) is 2.29. The van der Waals surface area contributed by atoms with Gasteiger partial charge in [-0.05, 0) is 30.7 Å². The SMILES string of the molecule is Cl.NCCc1ccc(Cl)c(F)c1. The van der Waals surface area contributed by atoms with Gasteiger partial charge in [0.2, 0.25) is 0 Å². The van der Waals surface area contributed by atoms with Gasteiger partial charge in [-0.3, -0.25) is 0 Å². The van der Waals surface area contributed by atoms with E-state index in [-0.39, 0.29) is 23.2 Å². The van der Waals surface area contributed by atoms with Crippen molar-refractivity contribution in [2.24, 2.45) is 5.73 Å². The van der Waals surface area contributed by atoms with Gasteiger partial charge < -0.3 is 5.73 Å². The quantitative estimate of drug-likeness (QED) is 0.796. The molecular weight excluding hydrogens is 200 g/mol. The zero-order valence-electron chi connectivity index (χ0n) is 6.39. The topological polar surface area (TPSA) is 26.0 Å². The molecule has 0 amide bonds. The maximum Gasteiger partial charge on any atom is 0.142 e. The van der Waals surface area contributed by atoms with Gasteiger partial charge in [-0.15, -0.1) is 12.4 Å². The molecule has 0 unspecified atom stereocenters. The second-order valence-corrected chi connectivity index (χ2v) is 2.69. The molecule has 0 saturated carbocycles. The van der Waals surface area contributed by atoms with Gasteiger partial charge in [0.15, 0.2) is 0 Å². The summed E-state index contributed by atoms with van der Waals surface area (Å²) in [5, 5.41) is 0.158. The van der Waals surface area contributed by atoms with Crippen molar-refractivity contribution in [2.75, 3.05) is 6.54 Å². The van der Waals surface area contributed by atoms with E-state index in [1.54, 1.807) is 12.1 Å². The van der Waals surface area contributed by atoms with Crippen LogP contribution in [0.2, 0.25) is 5.02 Å². The largest absolute Gasteiger partial charge is 0.330 e. The highest BCUT2D eigenvalue weighted by Gasteiger charge is 1.99. The van der Waals surface area contributed by atoms with Crippen LogP contribution in [0.3, 0.4) is 0 Å². The summed E-state index contributed by atoms with van der Waals surface area (Å²) in [4.78, 5) is 0. The van der Waals surface area contributed by atoms with Gasteiger partial charge in [0.1, 0.15) is 5.82 Å². The van der Waals surface area contributed by atoms with Gasteiger partial charge in [-0.25, -0.2) is 4.39 Å². The molecule has 0 saturated heterocycles. The lowest BCUT2D eigenvalue weighted by atomic mass is 10.1. The fourth-order valence-electron chi connectivity index (χ4n) is 0.862. The molecule has 0 fully saturated rings. The Balaban J connectivity index is 0.00000121. The number of rotatable bonds is 2. The van der Waals surface area contributed by atoms with Crippen LogP contribution in [0.5, 0.6) is 0 Å². The van der Waals surface area contributed by atoms with Crippen LogP contribution in [0.4, 0.5) is 4.39 Å². The first-order valence-electron chi connectivity index (χ1n) is 3.38. The average Bonchev–Trinajstić information content (AvgIpc) is 1.98. The first-order chi connectivity index (χ1) is 5.24. The molecule has 4 heteroatoms. The maximum absolute atomic E-state index is 12.7. The van der Waals surface area contributed by atoms with Gasteiger partial charge in [-0.2, -0.15) is 0 Å². The first kappa shape index (κ1) is 11.7. The van der Waals surface area contributed by atoms with Crippen molar-refractivity contribution in [3.63, 3.8) is 0 Å². The van der Waals surface area contributed by atoms with E-state index in [2.05, 4.69) is 0 Å². The van der Waals surface area contributed by atoms with Crippen molar-refractivity contribution < 1.29 is 4.39 Å². The number of hydrogen-bond acceptors (Lipinski definition) is 1. The highest BCUT2D eigenvalue weighted by molar-refractivity contribution is 6.30. The molecule has 0 aliphatic carbocycles. The average molecular weight is 210 g/mol. The molecule has 0 atom stereocenters. The van der Waals surface area contributed by atoms with E-state index in [1.807, 2.05) is 0 Å². The van der Waals surface area contributed by atoms with E-state index in [1.165, 1.54) is 6.07 Å². The molecule has 1 aromatic carbocycles. The molecule has 1 nitrogen and oxygen atoms in total. The molecule has 2 N–H and O–H groups in total. The molecule has 0 spiro atoms. The summed E-state index contributed by atoms with van der Waals surface area (Å²) in [5.74, 6) is -0.377. The van der Waals surface area contributed by atoms with E-state index >= 15 is 0 Å². The third-order valence-electron chi connectivity index (χ3n) is 1.42. The lowest BCUT2D eigenvalue weighted by molar-refractivity contribution is 0.626. The highest BCUT2D eigenvalue weighted by atomic mass is 35.5. The number of benzene rings is 1. The van der Waals surface area contributed by atoms with Crippen LogP contribution in [0, 0.1) is 5.82 Å². The van der Waals surface area contributed by atoms with Gasteiger partial charge in [-0.1, -0.05) is 17.7 Å². The summed E-state index contributed by atoms with van der Waals surface area (Å²) >= 11 is 5.47. The Morgan fingerprint density at radius 3 is 2.58 bits per heavy atom. The summed E-state index contributed by atoms with van der Waals surface area (Å²) < 4.78 is 12.7. The Hall–Kier alpha value is -0.310. The summed E-state index contributed by atoms with van der Waals surface area (Å²) in [6.45, 7) is 0.529. The Kier molecular flexibility index (Phi) is 5.22. The van der Waals surface area contributed by atoms with Crippen LogP contribution < -0.4 is 5.73 Å². The lowest BCUT2D eigenvalue weighted by Gasteiger charge is -1.98. The van der Waals surface area contributed by atoms with Crippen molar-refractivity contribution in [3.05, 3.63) is 34.6 Å². The third kappa shape index (κ3) is 2.97. The van der Waals surface area contributed by atoms with E-state index in [9.17, 15) is 4.39 Å². The molecular formula is C8H10Cl2FN. The van der Waals surface area contributed by atoms with Crippen LogP contribution in [0.25, 0.3) is 0 Å². The van der Waals surface area contributed by atoms with Crippen molar-refractivity contribution in [3.8, 4) is 0 Å². The molecule has 0 aliphatic heterocycles. The van der Waals surface area contributed by atoms with Crippen molar-refractivity contribution >= 4 is 24.0 Å². The summed E-state index contributed by atoms with van der Waals surface area (Å²) in [5.41, 5.74) is 6.18. The molecule has 0 heterocycles. The number of nitrogens with two attached hydrogens (primary N) is 1. The Bertz CT molecular complexity index is 253. The Morgan fingerprint density at radius 1 is 1.42 bits per heavy atom. The van der Waals surface area contributed by atoms with Crippen LogP contribution in [0.15, 0.2) is 18.2 Å². The first-order valence-corrected chi connectivity index (χ1v) is 3.76. The van der Waals surface area contributed by atoms with Gasteiger partial charge in [0.25, 0.3) is 0 Å². The predicted octanol–water partition coefficient (Wildman–Crippen LogP) is 2.40. The zero-order valence-corrected chi connectivity index (χ0v) is 7.96. The highest BCUT2D eigenvalue weighted by Crippen LogP contribution is 2.15. The van der Waals surface area contributed by atoms with E-state index in [0.29, 0.717) is 13.0 Å². The molecule has 0 radical (unpaired) electrons. The minimum Gasteiger partial charge on any atom is -0.330 e. The van der Waals surface area contributed by atoms with E-state index in [0.717, 1.165) is 5.56 Å². The predicted molar refractivity (Wildman–Crippen MR) is 51.4 cm³/mol. The fourth-order valence-corrected chi connectivity index (χ4v) is 0.979. The summed E-state index contributed by atoms with van der Waals surface area (Å²) in [7, 11) is 0. The normalized spacial score (nSPS) is 9.25. The minimum absolute atomic E-state index is 0. The minimum atomic E-state index is -0.377. The van der Waals surface area contributed by atoms with Crippen LogP contribution in [-0.4, -0.2) is 6.54 Å². The number of halogens is 3. The second kappa shape index (κ2) is 5.36. The number of hydrogen-bond donors (Lipinski definition) is 1. The standard InChI is InChI=1S/C8H9ClFN.ClH/c9-7-2-1-6(3-4-11)5-8(7)10;/h1-2,5H,3-4,11H2;1H. The van der Waals surface area contributed by atoms with E-state index < -0.39 is 0 Å². The zero-order chi connectivity index (χ0) is 8.27. The molecule has 0 aromatic heterocycles. The van der Waals surface area contributed by atoms with Crippen molar-refractivity contribution in [1.82, 2.24) is 0 Å². The monoisotopic (exact) mass is 209 g/mol. The van der Waals surface area contributed by atoms with Gasteiger partial charge >= 0.3 is 0 Å². The molecule has 1 aromatic rings. The van der Waals surface area contributed by atoms with Gasteiger partial charge in [0, 0.05) is 0 Å². The summed E-state index contributed by atoms with van der Waals surface area (Å²) in [6.07, 6.45) is 0.689. The fraction of sp³-hybridized carbons (Fsp3) is 0.250. The molecule has 12 heavy (non-hydrogen) atoms. The Morgan fingerprint density at radius 2 is 2.08 bits per heavy atom. The van der Waals surface area contributed by atoms with Crippen LogP contribution in [0.1, 0.15) is 5.56 Å². The van der Waals surface area contributed by atoms with Crippen LogP contribution in [-0.2, 0) is 6.42 Å². The molecule has 0 aliphatic rings. The maximum atomic E-state index is 12.7. The Labute approximate surface area is 82.1 Å². The molecule has 68 valence electrons. The molecule has 0 bridgehead atoms. The summed E-state index contributed by atoms with van der Waals surface area (Å²) in [6, 6.07) is 4.73. The van der Waals surface area contributed by atoms with E-state index in [4.69, 9.17) is 17.3 Å². The lowest BCUT2D eigenvalue weighted by Crippen LogP contribution is -2.02. The van der Waals surface area contributed by atoms with Crippen molar-refractivity contribution in [1.29, 1.82) is 0 Å². The van der Waals surface area contributed by atoms with Crippen LogP contribution >= 0.6 is 24.0 Å². The van der Waals surface area contributed by atoms with Gasteiger partial charge in [0.05, 0.1) is 5.02 Å².